The molecule has 0 bridgehead atoms. The molecule has 2 rings (SSSR count). The van der Waals surface area contributed by atoms with Crippen LogP contribution in [-0.4, -0.2) is 60.4 Å². The average Bonchev–Trinajstić information content (AvgIpc) is 2.72. The van der Waals surface area contributed by atoms with Crippen LogP contribution in [0.2, 0.25) is 0 Å². The molecule has 1 aliphatic heterocycles. The minimum Gasteiger partial charge on any atom is -0.309 e. The maximum absolute atomic E-state index is 12.5. The summed E-state index contributed by atoms with van der Waals surface area (Å²) in [7, 11) is 4.09. The molecule has 1 heterocycles. The van der Waals surface area contributed by atoms with Crippen LogP contribution >= 0.6 is 0 Å². The fourth-order valence-corrected chi connectivity index (χ4v) is 3.38. The zero-order valence-corrected chi connectivity index (χ0v) is 13.6. The van der Waals surface area contributed by atoms with Gasteiger partial charge in [0.05, 0.1) is 12.5 Å². The van der Waals surface area contributed by atoms with E-state index >= 15 is 0 Å². The molecule has 1 saturated carbocycles. The summed E-state index contributed by atoms with van der Waals surface area (Å²) in [6.45, 7) is 3.07. The van der Waals surface area contributed by atoms with Crippen LogP contribution in [-0.2, 0) is 9.59 Å². The fourth-order valence-electron chi connectivity index (χ4n) is 3.38. The zero-order valence-electron chi connectivity index (χ0n) is 13.6. The maximum Gasteiger partial charge on any atom is 0.247 e. The highest BCUT2D eigenvalue weighted by molar-refractivity contribution is 6.05. The van der Waals surface area contributed by atoms with Crippen LogP contribution < -0.4 is 5.32 Å². The number of rotatable bonds is 6. The third kappa shape index (κ3) is 4.27. The van der Waals surface area contributed by atoms with Gasteiger partial charge in [0.25, 0.3) is 0 Å². The molecule has 2 fully saturated rings. The van der Waals surface area contributed by atoms with Gasteiger partial charge in [-0.05, 0) is 46.8 Å². The van der Waals surface area contributed by atoms with E-state index in [-0.39, 0.29) is 29.9 Å². The van der Waals surface area contributed by atoms with Gasteiger partial charge in [-0.15, -0.1) is 0 Å². The Hall–Kier alpha value is -0.940. The molecule has 0 aromatic rings. The largest absolute Gasteiger partial charge is 0.309 e. The van der Waals surface area contributed by atoms with Crippen molar-refractivity contribution in [2.75, 3.05) is 20.6 Å². The lowest BCUT2D eigenvalue weighted by molar-refractivity contribution is -0.142. The van der Waals surface area contributed by atoms with Crippen molar-refractivity contribution in [2.24, 2.45) is 0 Å². The number of hydrogen-bond donors (Lipinski definition) is 1. The summed E-state index contributed by atoms with van der Waals surface area (Å²) < 4.78 is 0. The first-order valence-corrected chi connectivity index (χ1v) is 8.25. The molecule has 5 nitrogen and oxygen atoms in total. The molecule has 0 spiro atoms. The normalized spacial score (nSPS) is 25.9. The van der Waals surface area contributed by atoms with Crippen molar-refractivity contribution in [2.45, 2.75) is 70.0 Å². The standard InChI is InChI=1S/C16H29N3O2/c1-12(9-10-18(2)3)17-14-11-15(20)19(16(14)21)13-7-5-4-6-8-13/h12-14,17H,4-11H2,1-3H3. The number of carbonyl (C=O) groups is 2. The van der Waals surface area contributed by atoms with Crippen molar-refractivity contribution in [3.63, 3.8) is 0 Å². The summed E-state index contributed by atoms with van der Waals surface area (Å²) in [5, 5.41) is 3.34. The first kappa shape index (κ1) is 16.4. The van der Waals surface area contributed by atoms with E-state index in [1.165, 1.54) is 6.42 Å². The molecule has 0 radical (unpaired) electrons. The van der Waals surface area contributed by atoms with Crippen LogP contribution in [0, 0.1) is 0 Å². The Morgan fingerprint density at radius 3 is 2.52 bits per heavy atom. The number of hydrogen-bond acceptors (Lipinski definition) is 4. The van der Waals surface area contributed by atoms with Gasteiger partial charge in [0.2, 0.25) is 11.8 Å². The van der Waals surface area contributed by atoms with Crippen molar-refractivity contribution >= 4 is 11.8 Å². The van der Waals surface area contributed by atoms with Crippen LogP contribution in [0.4, 0.5) is 0 Å². The van der Waals surface area contributed by atoms with E-state index < -0.39 is 0 Å². The molecule has 2 aliphatic rings. The van der Waals surface area contributed by atoms with E-state index in [1.54, 1.807) is 4.90 Å². The minimum atomic E-state index is -0.309. The van der Waals surface area contributed by atoms with Gasteiger partial charge < -0.3 is 10.2 Å². The van der Waals surface area contributed by atoms with Crippen molar-refractivity contribution < 1.29 is 9.59 Å². The Morgan fingerprint density at radius 1 is 1.24 bits per heavy atom. The van der Waals surface area contributed by atoms with Gasteiger partial charge in [-0.3, -0.25) is 14.5 Å². The maximum atomic E-state index is 12.5. The van der Waals surface area contributed by atoms with Gasteiger partial charge in [-0.1, -0.05) is 19.3 Å². The minimum absolute atomic E-state index is 0.00334. The number of nitrogens with one attached hydrogen (secondary N) is 1. The molecule has 2 unspecified atom stereocenters. The first-order chi connectivity index (χ1) is 9.99. The lowest BCUT2D eigenvalue weighted by atomic mass is 9.94. The highest BCUT2D eigenvalue weighted by atomic mass is 16.2. The lowest BCUT2D eigenvalue weighted by Crippen LogP contribution is -2.46. The van der Waals surface area contributed by atoms with Crippen LogP contribution in [0.5, 0.6) is 0 Å². The smallest absolute Gasteiger partial charge is 0.247 e. The van der Waals surface area contributed by atoms with Crippen molar-refractivity contribution in [1.29, 1.82) is 0 Å². The average molecular weight is 295 g/mol. The number of amides is 2. The molecule has 2 amide bonds. The summed E-state index contributed by atoms with van der Waals surface area (Å²) in [5.74, 6) is 0.0211. The summed E-state index contributed by atoms with van der Waals surface area (Å²) in [6, 6.07) is 0.0969. The van der Waals surface area contributed by atoms with E-state index in [4.69, 9.17) is 0 Å². The molecular formula is C16H29N3O2. The molecule has 120 valence electrons. The quantitative estimate of drug-likeness (QED) is 0.752. The van der Waals surface area contributed by atoms with E-state index in [2.05, 4.69) is 17.1 Å². The van der Waals surface area contributed by atoms with Gasteiger partial charge >= 0.3 is 0 Å². The third-order valence-corrected chi connectivity index (χ3v) is 4.62. The van der Waals surface area contributed by atoms with Gasteiger partial charge in [0.1, 0.15) is 0 Å². The van der Waals surface area contributed by atoms with Gasteiger partial charge in [-0.25, -0.2) is 0 Å². The molecule has 0 aromatic heterocycles. The topological polar surface area (TPSA) is 52.7 Å². The van der Waals surface area contributed by atoms with Gasteiger partial charge in [-0.2, -0.15) is 0 Å². The van der Waals surface area contributed by atoms with Crippen LogP contribution in [0.15, 0.2) is 0 Å². The van der Waals surface area contributed by atoms with Gasteiger partial charge in [0.15, 0.2) is 0 Å². The summed E-state index contributed by atoms with van der Waals surface area (Å²) >= 11 is 0. The van der Waals surface area contributed by atoms with Crippen LogP contribution in [0.25, 0.3) is 0 Å². The Morgan fingerprint density at radius 2 is 1.90 bits per heavy atom. The van der Waals surface area contributed by atoms with E-state index in [9.17, 15) is 9.59 Å². The molecule has 0 aromatic carbocycles. The second-order valence-corrected chi connectivity index (χ2v) is 6.81. The SMILES string of the molecule is CC(CCN(C)C)NC1CC(=O)N(C2CCCCC2)C1=O. The second kappa shape index (κ2) is 7.36. The Balaban J connectivity index is 1.88. The lowest BCUT2D eigenvalue weighted by Gasteiger charge is -2.30. The van der Waals surface area contributed by atoms with Crippen LogP contribution in [0.3, 0.4) is 0 Å². The van der Waals surface area contributed by atoms with Crippen molar-refractivity contribution in [1.82, 2.24) is 15.1 Å². The van der Waals surface area contributed by atoms with E-state index in [0.29, 0.717) is 6.42 Å². The Kier molecular flexibility index (Phi) is 5.76. The Bertz CT molecular complexity index is 378. The molecule has 21 heavy (non-hydrogen) atoms. The van der Waals surface area contributed by atoms with Crippen molar-refractivity contribution in [3.05, 3.63) is 0 Å². The molecule has 1 saturated heterocycles. The predicted molar refractivity (Wildman–Crippen MR) is 82.9 cm³/mol. The summed E-state index contributed by atoms with van der Waals surface area (Å²) in [6.07, 6.45) is 6.80. The third-order valence-electron chi connectivity index (χ3n) is 4.62. The fraction of sp³-hybridized carbons (Fsp3) is 0.875. The summed E-state index contributed by atoms with van der Waals surface area (Å²) in [4.78, 5) is 28.4. The molecule has 1 N–H and O–H groups in total. The Labute approximate surface area is 128 Å². The first-order valence-electron chi connectivity index (χ1n) is 8.25. The van der Waals surface area contributed by atoms with Crippen LogP contribution in [0.1, 0.15) is 51.9 Å². The highest BCUT2D eigenvalue weighted by Gasteiger charge is 2.42. The molecular weight excluding hydrogens is 266 g/mol. The number of likely N-dealkylation sites (tertiary alicyclic amines) is 1. The molecule has 2 atom stereocenters. The van der Waals surface area contributed by atoms with E-state index in [1.807, 2.05) is 14.1 Å². The second-order valence-electron chi connectivity index (χ2n) is 6.81. The highest BCUT2D eigenvalue weighted by Crippen LogP contribution is 2.27. The number of imide groups is 1. The zero-order chi connectivity index (χ0) is 15.4. The summed E-state index contributed by atoms with van der Waals surface area (Å²) in [5.41, 5.74) is 0. The molecule has 5 heteroatoms. The number of carbonyl (C=O) groups excluding carboxylic acids is 2. The molecule has 1 aliphatic carbocycles. The monoisotopic (exact) mass is 295 g/mol. The van der Waals surface area contributed by atoms with E-state index in [0.717, 1.165) is 38.6 Å². The number of nitrogens with zero attached hydrogens (tertiary/aromatic N) is 2. The predicted octanol–water partition coefficient (Wildman–Crippen LogP) is 1.38. The van der Waals surface area contributed by atoms with Crippen molar-refractivity contribution in [3.8, 4) is 0 Å². The van der Waals surface area contributed by atoms with Gasteiger partial charge in [0, 0.05) is 12.1 Å².